The fourth-order valence-electron chi connectivity index (χ4n) is 1.71. The number of aromatic nitrogens is 1. The second kappa shape index (κ2) is 7.90. The number of carboxylic acids is 1. The van der Waals surface area contributed by atoms with Gasteiger partial charge in [-0.15, -0.1) is 11.8 Å². The maximum absolute atomic E-state index is 10.7. The van der Waals surface area contributed by atoms with Crippen molar-refractivity contribution in [2.24, 2.45) is 0 Å². The Morgan fingerprint density at radius 3 is 2.71 bits per heavy atom. The molecular weight excluding hydrogens is 308 g/mol. The highest BCUT2D eigenvalue weighted by atomic mass is 35.5. The average molecular weight is 323 g/mol. The number of anilines is 1. The van der Waals surface area contributed by atoms with E-state index in [2.05, 4.69) is 10.3 Å². The molecule has 1 atom stereocenters. The second-order valence-electron chi connectivity index (χ2n) is 4.33. The molecule has 1 aromatic heterocycles. The molecule has 2 N–H and O–H groups in total. The molecule has 21 heavy (non-hydrogen) atoms. The van der Waals surface area contributed by atoms with E-state index in [1.54, 1.807) is 12.4 Å². The fraction of sp³-hybridized carbons (Fsp3) is 0.200. The zero-order chi connectivity index (χ0) is 15.1. The summed E-state index contributed by atoms with van der Waals surface area (Å²) in [6.45, 7) is 0. The van der Waals surface area contributed by atoms with Crippen LogP contribution in [0.2, 0.25) is 5.02 Å². The molecule has 1 heterocycles. The van der Waals surface area contributed by atoms with Crippen LogP contribution in [-0.4, -0.2) is 21.8 Å². The summed E-state index contributed by atoms with van der Waals surface area (Å²) in [5, 5.41) is 12.7. The molecule has 0 spiro atoms. The minimum absolute atomic E-state index is 0.0563. The van der Waals surface area contributed by atoms with Crippen molar-refractivity contribution in [3.05, 3.63) is 59.4 Å². The quantitative estimate of drug-likeness (QED) is 0.753. The second-order valence-corrected chi connectivity index (χ2v) is 5.98. The molecule has 4 nitrogen and oxygen atoms in total. The van der Waals surface area contributed by atoms with Gasteiger partial charge in [-0.1, -0.05) is 17.7 Å². The van der Waals surface area contributed by atoms with Gasteiger partial charge in [-0.05, 0) is 30.3 Å². The summed E-state index contributed by atoms with van der Waals surface area (Å²) in [6, 6.07) is 11.2. The third kappa shape index (κ3) is 5.28. The van der Waals surface area contributed by atoms with Crippen molar-refractivity contribution in [1.82, 2.24) is 4.98 Å². The summed E-state index contributed by atoms with van der Waals surface area (Å²) < 4.78 is 0. The van der Waals surface area contributed by atoms with Crippen LogP contribution in [0.1, 0.15) is 17.4 Å². The Morgan fingerprint density at radius 1 is 1.33 bits per heavy atom. The van der Waals surface area contributed by atoms with Gasteiger partial charge in [0.2, 0.25) is 0 Å². The van der Waals surface area contributed by atoms with Crippen LogP contribution in [0, 0.1) is 0 Å². The predicted molar refractivity (Wildman–Crippen MR) is 86.8 cm³/mol. The monoisotopic (exact) mass is 322 g/mol. The van der Waals surface area contributed by atoms with Gasteiger partial charge in [-0.3, -0.25) is 9.78 Å². The Balaban J connectivity index is 2.07. The standard InChI is InChI=1S/C15H15ClN2O2S/c16-12-3-5-13(6-4-12)18-15(21-9-7-14(19)20)11-2-1-8-17-10-11/h1-6,8,10,15,18H,7,9H2,(H,19,20). The Morgan fingerprint density at radius 2 is 2.10 bits per heavy atom. The van der Waals surface area contributed by atoms with Crippen LogP contribution in [0.4, 0.5) is 5.69 Å². The molecule has 0 amide bonds. The smallest absolute Gasteiger partial charge is 0.304 e. The first-order valence-electron chi connectivity index (χ1n) is 6.40. The zero-order valence-electron chi connectivity index (χ0n) is 11.2. The van der Waals surface area contributed by atoms with Gasteiger partial charge >= 0.3 is 5.97 Å². The summed E-state index contributed by atoms with van der Waals surface area (Å²) in [6.07, 6.45) is 3.62. The van der Waals surface area contributed by atoms with Gasteiger partial charge in [0.25, 0.3) is 0 Å². The van der Waals surface area contributed by atoms with Crippen LogP contribution in [0.3, 0.4) is 0 Å². The van der Waals surface area contributed by atoms with Crippen molar-refractivity contribution in [3.8, 4) is 0 Å². The molecule has 0 aliphatic heterocycles. The molecule has 110 valence electrons. The Bertz CT molecular complexity index is 578. The normalized spacial score (nSPS) is 11.9. The molecule has 0 bridgehead atoms. The SMILES string of the molecule is O=C(O)CCSC(Nc1ccc(Cl)cc1)c1cccnc1. The number of halogens is 1. The van der Waals surface area contributed by atoms with E-state index >= 15 is 0 Å². The van der Waals surface area contributed by atoms with E-state index in [-0.39, 0.29) is 11.8 Å². The minimum Gasteiger partial charge on any atom is -0.481 e. The van der Waals surface area contributed by atoms with Crippen molar-refractivity contribution in [1.29, 1.82) is 0 Å². The predicted octanol–water partition coefficient (Wildman–Crippen LogP) is 4.05. The van der Waals surface area contributed by atoms with Crippen LogP contribution in [0.25, 0.3) is 0 Å². The molecule has 6 heteroatoms. The maximum atomic E-state index is 10.7. The van der Waals surface area contributed by atoms with E-state index in [9.17, 15) is 4.79 Å². The Hall–Kier alpha value is -1.72. The van der Waals surface area contributed by atoms with E-state index in [1.165, 1.54) is 11.8 Å². The van der Waals surface area contributed by atoms with E-state index in [0.29, 0.717) is 10.8 Å². The van der Waals surface area contributed by atoms with Crippen molar-refractivity contribution in [2.45, 2.75) is 11.8 Å². The van der Waals surface area contributed by atoms with Gasteiger partial charge < -0.3 is 10.4 Å². The summed E-state index contributed by atoms with van der Waals surface area (Å²) in [5.74, 6) is -0.269. The minimum atomic E-state index is -0.793. The van der Waals surface area contributed by atoms with E-state index in [4.69, 9.17) is 16.7 Å². The number of thioether (sulfide) groups is 1. The van der Waals surface area contributed by atoms with Gasteiger partial charge in [0, 0.05) is 34.4 Å². The number of aliphatic carboxylic acids is 1. The number of nitrogens with zero attached hydrogens (tertiary/aromatic N) is 1. The lowest BCUT2D eigenvalue weighted by Crippen LogP contribution is -2.09. The zero-order valence-corrected chi connectivity index (χ0v) is 12.8. The number of pyridine rings is 1. The highest BCUT2D eigenvalue weighted by molar-refractivity contribution is 7.99. The Kier molecular flexibility index (Phi) is 5.90. The van der Waals surface area contributed by atoms with Crippen molar-refractivity contribution < 1.29 is 9.90 Å². The van der Waals surface area contributed by atoms with Gasteiger partial charge in [0.15, 0.2) is 0 Å². The molecule has 0 saturated carbocycles. The topological polar surface area (TPSA) is 62.2 Å². The number of hydrogen-bond acceptors (Lipinski definition) is 4. The highest BCUT2D eigenvalue weighted by Gasteiger charge is 2.13. The Labute approximate surface area is 132 Å². The largest absolute Gasteiger partial charge is 0.481 e. The number of hydrogen-bond donors (Lipinski definition) is 2. The first kappa shape index (κ1) is 15.7. The van der Waals surface area contributed by atoms with Crippen LogP contribution in [0.15, 0.2) is 48.8 Å². The van der Waals surface area contributed by atoms with Crippen molar-refractivity contribution >= 4 is 35.0 Å². The van der Waals surface area contributed by atoms with Gasteiger partial charge in [-0.2, -0.15) is 0 Å². The molecule has 0 saturated heterocycles. The first-order valence-corrected chi connectivity index (χ1v) is 7.83. The summed E-state index contributed by atoms with van der Waals surface area (Å²) in [7, 11) is 0. The number of rotatable bonds is 7. The molecule has 0 radical (unpaired) electrons. The van der Waals surface area contributed by atoms with E-state index in [0.717, 1.165) is 11.3 Å². The molecule has 1 aromatic carbocycles. The molecule has 2 rings (SSSR count). The first-order chi connectivity index (χ1) is 10.1. The van der Waals surface area contributed by atoms with Gasteiger partial charge in [0.1, 0.15) is 0 Å². The van der Waals surface area contributed by atoms with E-state index < -0.39 is 5.97 Å². The molecule has 0 aliphatic carbocycles. The van der Waals surface area contributed by atoms with Gasteiger partial charge in [0.05, 0.1) is 11.8 Å². The third-order valence-corrected chi connectivity index (χ3v) is 4.14. The lowest BCUT2D eigenvalue weighted by Gasteiger charge is -2.19. The van der Waals surface area contributed by atoms with Crippen LogP contribution >= 0.6 is 23.4 Å². The lowest BCUT2D eigenvalue weighted by molar-refractivity contribution is -0.136. The number of carboxylic acid groups (broad SMARTS) is 1. The van der Waals surface area contributed by atoms with Gasteiger partial charge in [-0.25, -0.2) is 0 Å². The third-order valence-electron chi connectivity index (χ3n) is 2.73. The molecule has 0 aliphatic rings. The number of nitrogens with one attached hydrogen (secondary N) is 1. The van der Waals surface area contributed by atoms with Crippen molar-refractivity contribution in [2.75, 3.05) is 11.1 Å². The molecule has 1 unspecified atom stereocenters. The molecular formula is C15H15ClN2O2S. The maximum Gasteiger partial charge on any atom is 0.304 e. The lowest BCUT2D eigenvalue weighted by atomic mass is 10.2. The number of carbonyl (C=O) groups is 1. The number of benzene rings is 1. The highest BCUT2D eigenvalue weighted by Crippen LogP contribution is 2.30. The van der Waals surface area contributed by atoms with Crippen molar-refractivity contribution in [3.63, 3.8) is 0 Å². The molecule has 2 aromatic rings. The molecule has 0 fully saturated rings. The van der Waals surface area contributed by atoms with Crippen LogP contribution in [0.5, 0.6) is 0 Å². The average Bonchev–Trinajstić information content (AvgIpc) is 2.49. The summed E-state index contributed by atoms with van der Waals surface area (Å²) >= 11 is 7.41. The summed E-state index contributed by atoms with van der Waals surface area (Å²) in [5.41, 5.74) is 1.93. The van der Waals surface area contributed by atoms with Crippen LogP contribution in [-0.2, 0) is 4.79 Å². The fourth-order valence-corrected chi connectivity index (χ4v) is 2.92. The van der Waals surface area contributed by atoms with E-state index in [1.807, 2.05) is 36.4 Å². The van der Waals surface area contributed by atoms with Crippen LogP contribution < -0.4 is 5.32 Å². The summed E-state index contributed by atoms with van der Waals surface area (Å²) in [4.78, 5) is 14.8.